The van der Waals surface area contributed by atoms with Crippen molar-refractivity contribution >= 4 is 16.9 Å². The number of hydrogen-bond acceptors (Lipinski definition) is 6. The average Bonchev–Trinajstić information content (AvgIpc) is 3.36. The fraction of sp³-hybridized carbons (Fsp3) is 0.750. The zero-order chi connectivity index (χ0) is 18.6. The second-order valence-electron chi connectivity index (χ2n) is 8.07. The number of piperidine rings is 1. The van der Waals surface area contributed by atoms with Gasteiger partial charge in [-0.15, -0.1) is 0 Å². The minimum Gasteiger partial charge on any atom is -0.395 e. The second kappa shape index (κ2) is 8.52. The molecule has 2 aliphatic rings. The number of hydrogen-bond donors (Lipinski definition) is 2. The van der Waals surface area contributed by atoms with Crippen LogP contribution in [0.3, 0.4) is 0 Å². The Balaban J connectivity index is 1.42. The molecule has 1 aliphatic carbocycles. The molecule has 0 radical (unpaired) electrons. The van der Waals surface area contributed by atoms with Gasteiger partial charge in [-0.1, -0.05) is 19.3 Å². The van der Waals surface area contributed by atoms with Crippen LogP contribution in [0.1, 0.15) is 63.1 Å². The first-order chi connectivity index (χ1) is 13.3. The third-order valence-corrected chi connectivity index (χ3v) is 6.20. The third-order valence-electron chi connectivity index (χ3n) is 6.20. The van der Waals surface area contributed by atoms with E-state index >= 15 is 0 Å². The molecule has 0 bridgehead atoms. The van der Waals surface area contributed by atoms with Crippen molar-refractivity contribution in [2.75, 3.05) is 31.6 Å². The average molecular weight is 373 g/mol. The number of fused-ring (bicyclic) bond motifs is 1. The first kappa shape index (κ1) is 18.6. The molecule has 27 heavy (non-hydrogen) atoms. The maximum Gasteiger partial charge on any atom is 0.163 e. The maximum atomic E-state index is 9.57. The molecular formula is C20H32N6O. The Labute approximate surface area is 161 Å². The molecule has 2 fully saturated rings. The summed E-state index contributed by atoms with van der Waals surface area (Å²) in [6, 6.07) is 0.344. The van der Waals surface area contributed by atoms with E-state index in [1.165, 1.54) is 38.5 Å². The zero-order valence-corrected chi connectivity index (χ0v) is 16.4. The van der Waals surface area contributed by atoms with E-state index in [9.17, 15) is 5.11 Å². The molecule has 7 heteroatoms. The van der Waals surface area contributed by atoms with Crippen LogP contribution >= 0.6 is 0 Å². The third kappa shape index (κ3) is 4.09. The van der Waals surface area contributed by atoms with Gasteiger partial charge in [0.25, 0.3) is 0 Å². The Kier molecular flexibility index (Phi) is 5.88. The molecule has 2 aromatic heterocycles. The number of aryl methyl sites for hydroxylation is 1. The molecule has 7 nitrogen and oxygen atoms in total. The minimum atomic E-state index is 0.278. The summed E-state index contributed by atoms with van der Waals surface area (Å²) in [5, 5.41) is 18.5. The van der Waals surface area contributed by atoms with Crippen LogP contribution < -0.4 is 5.32 Å². The summed E-state index contributed by atoms with van der Waals surface area (Å²) >= 11 is 0. The van der Waals surface area contributed by atoms with Crippen molar-refractivity contribution in [1.29, 1.82) is 0 Å². The number of aliphatic hydroxyl groups is 1. The lowest BCUT2D eigenvalue weighted by Crippen LogP contribution is -2.42. The van der Waals surface area contributed by atoms with Crippen LogP contribution in [-0.4, -0.2) is 62.0 Å². The summed E-state index contributed by atoms with van der Waals surface area (Å²) < 4.78 is 1.85. The van der Waals surface area contributed by atoms with Gasteiger partial charge in [0.05, 0.1) is 18.2 Å². The number of rotatable bonds is 7. The number of likely N-dealkylation sites (tertiary alicyclic amines) is 1. The lowest BCUT2D eigenvalue weighted by atomic mass is 10.0. The van der Waals surface area contributed by atoms with Gasteiger partial charge in [0, 0.05) is 32.1 Å². The fourth-order valence-corrected chi connectivity index (χ4v) is 4.59. The molecule has 148 valence electrons. The van der Waals surface area contributed by atoms with Gasteiger partial charge in [-0.3, -0.25) is 9.58 Å². The molecule has 4 rings (SSSR count). The van der Waals surface area contributed by atoms with Gasteiger partial charge in [0.15, 0.2) is 5.65 Å². The van der Waals surface area contributed by atoms with E-state index in [0.29, 0.717) is 12.0 Å². The molecule has 1 aliphatic heterocycles. The van der Waals surface area contributed by atoms with Crippen LogP contribution in [0, 0.1) is 0 Å². The number of aliphatic hydroxyl groups excluding tert-OH is 1. The van der Waals surface area contributed by atoms with Gasteiger partial charge in [-0.05, 0) is 38.6 Å². The van der Waals surface area contributed by atoms with Crippen LogP contribution in [-0.2, 0) is 7.05 Å². The predicted molar refractivity (Wildman–Crippen MR) is 107 cm³/mol. The van der Waals surface area contributed by atoms with E-state index in [0.717, 1.165) is 55.2 Å². The van der Waals surface area contributed by atoms with E-state index in [1.54, 1.807) is 0 Å². The topological polar surface area (TPSA) is 79.1 Å². The lowest BCUT2D eigenvalue weighted by molar-refractivity contribution is 0.0901. The van der Waals surface area contributed by atoms with Crippen LogP contribution in [0.25, 0.3) is 11.0 Å². The summed E-state index contributed by atoms with van der Waals surface area (Å²) in [5.41, 5.74) is 0.922. The molecule has 1 unspecified atom stereocenters. The quantitative estimate of drug-likeness (QED) is 0.728. The van der Waals surface area contributed by atoms with Gasteiger partial charge in [0.2, 0.25) is 0 Å². The molecule has 0 aromatic carbocycles. The van der Waals surface area contributed by atoms with Crippen LogP contribution in [0.2, 0.25) is 0 Å². The van der Waals surface area contributed by atoms with Crippen LogP contribution in [0.4, 0.5) is 5.82 Å². The van der Waals surface area contributed by atoms with Crippen molar-refractivity contribution in [3.05, 3.63) is 12.0 Å². The molecule has 1 saturated heterocycles. The first-order valence-corrected chi connectivity index (χ1v) is 10.5. The molecule has 1 saturated carbocycles. The zero-order valence-electron chi connectivity index (χ0n) is 16.4. The highest BCUT2D eigenvalue weighted by atomic mass is 16.3. The number of nitrogens with one attached hydrogen (secondary N) is 1. The maximum absolute atomic E-state index is 9.57. The van der Waals surface area contributed by atoms with Crippen molar-refractivity contribution in [3.63, 3.8) is 0 Å². The Morgan fingerprint density at radius 1 is 1.15 bits per heavy atom. The molecule has 1 atom stereocenters. The number of anilines is 1. The number of nitrogens with zero attached hydrogens (tertiary/aromatic N) is 5. The van der Waals surface area contributed by atoms with Gasteiger partial charge >= 0.3 is 0 Å². The molecule has 2 N–H and O–H groups in total. The van der Waals surface area contributed by atoms with Gasteiger partial charge in [-0.25, -0.2) is 9.97 Å². The first-order valence-electron chi connectivity index (χ1n) is 10.5. The van der Waals surface area contributed by atoms with Crippen molar-refractivity contribution in [2.45, 2.75) is 63.3 Å². The van der Waals surface area contributed by atoms with Gasteiger partial charge in [-0.2, -0.15) is 5.10 Å². The largest absolute Gasteiger partial charge is 0.395 e. The van der Waals surface area contributed by atoms with E-state index in [-0.39, 0.29) is 6.61 Å². The SMILES string of the molecule is Cn1ncc2c(NCCCN3CCCCC3CO)nc(C3CCCC3)nc21. The standard InChI is InChI=1S/C20H32N6O/c1-25-20-17(13-22-25)19(23-18(24-20)15-7-2-3-8-15)21-10-6-12-26-11-5-4-9-16(26)14-27/h13,15-16,27H,2-12,14H2,1H3,(H,21,23,24). The number of aromatic nitrogens is 4. The summed E-state index contributed by atoms with van der Waals surface area (Å²) in [4.78, 5) is 12.1. The normalized spacial score (nSPS) is 21.9. The molecule has 0 spiro atoms. The summed E-state index contributed by atoms with van der Waals surface area (Å²) in [6.07, 6.45) is 11.5. The summed E-state index contributed by atoms with van der Waals surface area (Å²) in [5.74, 6) is 2.39. The summed E-state index contributed by atoms with van der Waals surface area (Å²) in [6.45, 7) is 3.28. The highest BCUT2D eigenvalue weighted by Gasteiger charge is 2.23. The minimum absolute atomic E-state index is 0.278. The summed E-state index contributed by atoms with van der Waals surface area (Å²) in [7, 11) is 1.95. The van der Waals surface area contributed by atoms with Crippen molar-refractivity contribution < 1.29 is 5.11 Å². The lowest BCUT2D eigenvalue weighted by Gasteiger charge is -2.34. The molecule has 0 amide bonds. The molecular weight excluding hydrogens is 340 g/mol. The van der Waals surface area contributed by atoms with Crippen LogP contribution in [0.5, 0.6) is 0 Å². The van der Waals surface area contributed by atoms with E-state index in [4.69, 9.17) is 9.97 Å². The molecule has 2 aromatic rings. The fourth-order valence-electron chi connectivity index (χ4n) is 4.59. The Morgan fingerprint density at radius 3 is 2.78 bits per heavy atom. The van der Waals surface area contributed by atoms with Crippen molar-refractivity contribution in [2.24, 2.45) is 7.05 Å². The Morgan fingerprint density at radius 2 is 1.96 bits per heavy atom. The van der Waals surface area contributed by atoms with Crippen LogP contribution in [0.15, 0.2) is 6.20 Å². The highest BCUT2D eigenvalue weighted by Crippen LogP contribution is 2.34. The van der Waals surface area contributed by atoms with Gasteiger partial charge < -0.3 is 10.4 Å². The predicted octanol–water partition coefficient (Wildman–Crippen LogP) is 2.67. The Hall–Kier alpha value is -1.73. The Bertz CT molecular complexity index is 754. The monoisotopic (exact) mass is 372 g/mol. The van der Waals surface area contributed by atoms with Crippen molar-refractivity contribution in [1.82, 2.24) is 24.6 Å². The van der Waals surface area contributed by atoms with E-state index < -0.39 is 0 Å². The van der Waals surface area contributed by atoms with E-state index in [1.807, 2.05) is 17.9 Å². The smallest absolute Gasteiger partial charge is 0.163 e. The second-order valence-corrected chi connectivity index (χ2v) is 8.07. The van der Waals surface area contributed by atoms with Gasteiger partial charge in [0.1, 0.15) is 11.6 Å². The highest BCUT2D eigenvalue weighted by molar-refractivity contribution is 5.86. The molecule has 3 heterocycles. The van der Waals surface area contributed by atoms with Crippen molar-refractivity contribution in [3.8, 4) is 0 Å². The van der Waals surface area contributed by atoms with E-state index in [2.05, 4.69) is 15.3 Å².